The lowest BCUT2D eigenvalue weighted by atomic mass is 9.93. The summed E-state index contributed by atoms with van der Waals surface area (Å²) in [7, 11) is 0. The van der Waals surface area contributed by atoms with Gasteiger partial charge < -0.3 is 15.6 Å². The molecule has 0 radical (unpaired) electrons. The minimum Gasteiger partial charge on any atom is -0.446 e. The van der Waals surface area contributed by atoms with E-state index in [-0.39, 0.29) is 18.6 Å². The first-order valence-corrected chi connectivity index (χ1v) is 4.54. The van der Waals surface area contributed by atoms with Crippen LogP contribution in [-0.4, -0.2) is 23.9 Å². The minimum atomic E-state index is -0.783. The highest BCUT2D eigenvalue weighted by atomic mass is 16.6. The number of rotatable bonds is 5. The Morgan fingerprint density at radius 3 is 2.31 bits per heavy atom. The van der Waals surface area contributed by atoms with Crippen molar-refractivity contribution < 1.29 is 14.6 Å². The van der Waals surface area contributed by atoms with Gasteiger partial charge in [-0.15, -0.1) is 0 Å². The monoisotopic (exact) mass is 189 g/mol. The summed E-state index contributed by atoms with van der Waals surface area (Å²) in [5, 5.41) is 9.03. The zero-order chi connectivity index (χ0) is 10.4. The number of carbonyl (C=O) groups excluding carboxylic acids is 1. The lowest BCUT2D eigenvalue weighted by Gasteiger charge is -2.22. The van der Waals surface area contributed by atoms with E-state index < -0.39 is 6.09 Å². The Morgan fingerprint density at radius 2 is 2.00 bits per heavy atom. The fourth-order valence-electron chi connectivity index (χ4n) is 1.30. The summed E-state index contributed by atoms with van der Waals surface area (Å²) in [5.41, 5.74) is 4.87. The average Bonchev–Trinajstić information content (AvgIpc) is 1.98. The van der Waals surface area contributed by atoms with E-state index in [0.717, 1.165) is 6.42 Å². The quantitative estimate of drug-likeness (QED) is 0.680. The summed E-state index contributed by atoms with van der Waals surface area (Å²) < 4.78 is 4.78. The topological polar surface area (TPSA) is 72.6 Å². The molecule has 0 aromatic rings. The highest BCUT2D eigenvalue weighted by molar-refractivity contribution is 5.64. The van der Waals surface area contributed by atoms with Gasteiger partial charge in [0.25, 0.3) is 0 Å². The van der Waals surface area contributed by atoms with Gasteiger partial charge in [-0.2, -0.15) is 0 Å². The smallest absolute Gasteiger partial charge is 0.404 e. The maximum Gasteiger partial charge on any atom is 0.404 e. The molecule has 4 heteroatoms. The van der Waals surface area contributed by atoms with E-state index in [0.29, 0.717) is 5.92 Å². The molecule has 0 spiro atoms. The third-order valence-corrected chi connectivity index (χ3v) is 1.97. The molecule has 0 aromatic heterocycles. The number of carbonyl (C=O) groups is 1. The lowest BCUT2D eigenvalue weighted by molar-refractivity contribution is 0.0460. The van der Waals surface area contributed by atoms with Crippen molar-refractivity contribution in [3.05, 3.63) is 0 Å². The Balaban J connectivity index is 3.98. The third-order valence-electron chi connectivity index (χ3n) is 1.97. The molecule has 3 N–H and O–H groups in total. The van der Waals surface area contributed by atoms with Gasteiger partial charge in [-0.1, -0.05) is 13.8 Å². The molecule has 78 valence electrons. The van der Waals surface area contributed by atoms with Crippen LogP contribution in [0.1, 0.15) is 27.2 Å². The van der Waals surface area contributed by atoms with Crippen LogP contribution in [0.4, 0.5) is 4.79 Å². The first kappa shape index (κ1) is 12.2. The molecule has 0 rings (SSSR count). The van der Waals surface area contributed by atoms with Crippen LogP contribution in [-0.2, 0) is 4.74 Å². The number of nitrogens with two attached hydrogens (primary N) is 1. The molecule has 0 saturated heterocycles. The van der Waals surface area contributed by atoms with Gasteiger partial charge in [0.05, 0.1) is 0 Å². The van der Waals surface area contributed by atoms with Crippen LogP contribution >= 0.6 is 0 Å². The number of aliphatic hydroxyl groups excluding tert-OH is 1. The van der Waals surface area contributed by atoms with Crippen LogP contribution in [0.3, 0.4) is 0 Å². The molecule has 4 nitrogen and oxygen atoms in total. The van der Waals surface area contributed by atoms with E-state index in [1.165, 1.54) is 0 Å². The van der Waals surface area contributed by atoms with Gasteiger partial charge in [0.2, 0.25) is 0 Å². The largest absolute Gasteiger partial charge is 0.446 e. The number of primary amides is 1. The van der Waals surface area contributed by atoms with Crippen molar-refractivity contribution in [3.8, 4) is 0 Å². The molecule has 1 amide bonds. The fourth-order valence-corrected chi connectivity index (χ4v) is 1.30. The normalized spacial score (nSPS) is 15.5. The van der Waals surface area contributed by atoms with Gasteiger partial charge in [-0.25, -0.2) is 4.79 Å². The van der Waals surface area contributed by atoms with E-state index >= 15 is 0 Å². The van der Waals surface area contributed by atoms with Crippen LogP contribution in [0, 0.1) is 11.8 Å². The van der Waals surface area contributed by atoms with Crippen LogP contribution in [0.2, 0.25) is 0 Å². The first-order valence-electron chi connectivity index (χ1n) is 4.54. The second-order valence-corrected chi connectivity index (χ2v) is 3.71. The Kier molecular flexibility index (Phi) is 5.46. The van der Waals surface area contributed by atoms with E-state index in [4.69, 9.17) is 15.6 Å². The molecule has 0 saturated carbocycles. The Morgan fingerprint density at radius 1 is 1.46 bits per heavy atom. The van der Waals surface area contributed by atoms with Crippen LogP contribution < -0.4 is 5.73 Å². The third kappa shape index (κ3) is 5.47. The zero-order valence-electron chi connectivity index (χ0n) is 8.49. The van der Waals surface area contributed by atoms with E-state index in [9.17, 15) is 4.79 Å². The summed E-state index contributed by atoms with van der Waals surface area (Å²) in [4.78, 5) is 10.4. The summed E-state index contributed by atoms with van der Waals surface area (Å²) >= 11 is 0. The van der Waals surface area contributed by atoms with Crippen LogP contribution in [0.5, 0.6) is 0 Å². The second kappa shape index (κ2) is 5.80. The Labute approximate surface area is 79.1 Å². The zero-order valence-corrected chi connectivity index (χ0v) is 8.49. The summed E-state index contributed by atoms with van der Waals surface area (Å²) in [6.07, 6.45) is -0.273. The second-order valence-electron chi connectivity index (χ2n) is 3.71. The molecular formula is C9H19NO3. The molecular weight excluding hydrogens is 170 g/mol. The van der Waals surface area contributed by atoms with Crippen LogP contribution in [0.15, 0.2) is 0 Å². The average molecular weight is 189 g/mol. The molecule has 0 fully saturated rings. The van der Waals surface area contributed by atoms with Crippen molar-refractivity contribution in [2.45, 2.75) is 33.3 Å². The van der Waals surface area contributed by atoms with Crippen molar-refractivity contribution in [1.29, 1.82) is 0 Å². The minimum absolute atomic E-state index is 0.0205. The van der Waals surface area contributed by atoms with Gasteiger partial charge in [-0.05, 0) is 19.3 Å². The number of amides is 1. The predicted molar refractivity (Wildman–Crippen MR) is 50.2 cm³/mol. The van der Waals surface area contributed by atoms with Crippen molar-refractivity contribution in [1.82, 2.24) is 0 Å². The molecule has 0 heterocycles. The van der Waals surface area contributed by atoms with Crippen LogP contribution in [0.25, 0.3) is 0 Å². The SMILES string of the molecule is CC(C)C[C@H](CO)[C@@H](C)OC(N)=O. The predicted octanol–water partition coefficient (Wildman–Crippen LogP) is 1.12. The molecule has 0 aliphatic carbocycles. The number of hydrogen-bond acceptors (Lipinski definition) is 3. The van der Waals surface area contributed by atoms with Gasteiger partial charge in [0.1, 0.15) is 6.10 Å². The maximum atomic E-state index is 10.4. The molecule has 0 bridgehead atoms. The highest BCUT2D eigenvalue weighted by Gasteiger charge is 2.20. The lowest BCUT2D eigenvalue weighted by Crippen LogP contribution is -2.30. The van der Waals surface area contributed by atoms with E-state index in [1.807, 2.05) is 0 Å². The number of ether oxygens (including phenoxy) is 1. The van der Waals surface area contributed by atoms with E-state index in [1.54, 1.807) is 6.92 Å². The molecule has 0 aliphatic heterocycles. The first-order chi connectivity index (χ1) is 5.97. The Bertz CT molecular complexity index is 159. The summed E-state index contributed by atoms with van der Waals surface area (Å²) in [6.45, 7) is 5.87. The molecule has 2 atom stereocenters. The molecule has 0 aliphatic rings. The molecule has 0 unspecified atom stereocenters. The van der Waals surface area contributed by atoms with Crippen molar-refractivity contribution >= 4 is 6.09 Å². The molecule has 13 heavy (non-hydrogen) atoms. The highest BCUT2D eigenvalue weighted by Crippen LogP contribution is 2.17. The van der Waals surface area contributed by atoms with Gasteiger partial charge in [0.15, 0.2) is 0 Å². The van der Waals surface area contributed by atoms with Gasteiger partial charge in [-0.3, -0.25) is 0 Å². The standard InChI is InChI=1S/C9H19NO3/c1-6(2)4-8(5-11)7(3)13-9(10)12/h6-8,11H,4-5H2,1-3H3,(H2,10,12)/t7-,8-/m1/s1. The summed E-state index contributed by atoms with van der Waals surface area (Å²) in [6, 6.07) is 0. The van der Waals surface area contributed by atoms with Crippen molar-refractivity contribution in [2.24, 2.45) is 17.6 Å². The molecule has 0 aromatic carbocycles. The van der Waals surface area contributed by atoms with Crippen molar-refractivity contribution in [3.63, 3.8) is 0 Å². The van der Waals surface area contributed by atoms with Crippen molar-refractivity contribution in [2.75, 3.05) is 6.61 Å². The van der Waals surface area contributed by atoms with E-state index in [2.05, 4.69) is 13.8 Å². The fraction of sp³-hybridized carbons (Fsp3) is 0.889. The maximum absolute atomic E-state index is 10.4. The van der Waals surface area contributed by atoms with Gasteiger partial charge >= 0.3 is 6.09 Å². The van der Waals surface area contributed by atoms with Gasteiger partial charge in [0, 0.05) is 12.5 Å². The summed E-state index contributed by atoms with van der Waals surface area (Å²) in [5.74, 6) is 0.448. The number of hydrogen-bond donors (Lipinski definition) is 2. The number of aliphatic hydroxyl groups is 1. The Hall–Kier alpha value is -0.770.